The average Bonchev–Trinajstić information content (AvgIpc) is 3.96. The summed E-state index contributed by atoms with van der Waals surface area (Å²) in [6.45, 7) is 0. The highest BCUT2D eigenvalue weighted by Crippen LogP contribution is 2.44. The molecule has 0 N–H and O–H groups in total. The molecule has 0 unspecified atom stereocenters. The van der Waals surface area contributed by atoms with E-state index in [0.717, 1.165) is 88.4 Å². The minimum Gasteiger partial charge on any atom is -0.456 e. The lowest BCUT2D eigenvalue weighted by Crippen LogP contribution is -2.00. The highest BCUT2D eigenvalue weighted by Gasteiger charge is 2.22. The molecule has 0 aliphatic heterocycles. The summed E-state index contributed by atoms with van der Waals surface area (Å²) in [5.74, 6) is 1.81. The third kappa shape index (κ3) is 4.87. The molecule has 0 amide bonds. The number of fused-ring (bicyclic) bond motifs is 9. The molecule has 0 aliphatic carbocycles. The van der Waals surface area contributed by atoms with Crippen LogP contribution in [0.5, 0.6) is 0 Å². The Bertz CT molecular complexity index is 3410. The molecule has 12 rings (SSSR count). The van der Waals surface area contributed by atoms with E-state index >= 15 is 0 Å². The molecule has 0 bridgehead atoms. The van der Waals surface area contributed by atoms with Gasteiger partial charge in [-0.1, -0.05) is 133 Å². The number of rotatable bonds is 5. The van der Waals surface area contributed by atoms with Crippen LogP contribution in [0.4, 0.5) is 0 Å². The van der Waals surface area contributed by atoms with Gasteiger partial charge in [-0.05, 0) is 59.7 Å². The second-order valence-corrected chi connectivity index (χ2v) is 14.3. The Labute approximate surface area is 325 Å². The van der Waals surface area contributed by atoms with Gasteiger partial charge in [0.05, 0.1) is 22.1 Å². The number of aromatic nitrogens is 4. The number of furan rings is 2. The molecule has 266 valence electrons. The van der Waals surface area contributed by atoms with Gasteiger partial charge in [0, 0.05) is 43.6 Å². The first kappa shape index (κ1) is 31.5. The summed E-state index contributed by atoms with van der Waals surface area (Å²) in [4.78, 5) is 15.2. The van der Waals surface area contributed by atoms with Gasteiger partial charge in [-0.25, -0.2) is 15.0 Å². The lowest BCUT2D eigenvalue weighted by molar-refractivity contribution is 0.668. The van der Waals surface area contributed by atoms with Crippen LogP contribution >= 0.6 is 0 Å². The van der Waals surface area contributed by atoms with E-state index in [4.69, 9.17) is 23.8 Å². The van der Waals surface area contributed by atoms with Gasteiger partial charge >= 0.3 is 0 Å². The van der Waals surface area contributed by atoms with Crippen molar-refractivity contribution in [3.8, 4) is 51.0 Å². The van der Waals surface area contributed by atoms with Crippen molar-refractivity contribution in [1.29, 1.82) is 0 Å². The monoisotopic (exact) mass is 730 g/mol. The van der Waals surface area contributed by atoms with Crippen molar-refractivity contribution in [3.63, 3.8) is 0 Å². The van der Waals surface area contributed by atoms with Crippen molar-refractivity contribution >= 4 is 65.7 Å². The summed E-state index contributed by atoms with van der Waals surface area (Å²) in [6, 6.07) is 62.6. The van der Waals surface area contributed by atoms with Crippen LogP contribution in [0.25, 0.3) is 117 Å². The Morgan fingerprint density at radius 3 is 1.49 bits per heavy atom. The van der Waals surface area contributed by atoms with E-state index in [1.165, 1.54) is 10.8 Å². The maximum absolute atomic E-state index is 6.61. The smallest absolute Gasteiger partial charge is 0.164 e. The molecular weight excluding hydrogens is 701 g/mol. The summed E-state index contributed by atoms with van der Waals surface area (Å²) in [6.07, 6.45) is 0. The minimum absolute atomic E-state index is 0.581. The summed E-state index contributed by atoms with van der Waals surface area (Å²) < 4.78 is 15.5. The van der Waals surface area contributed by atoms with Crippen LogP contribution in [0, 0.1) is 0 Å². The Morgan fingerprint density at radius 2 is 0.842 bits per heavy atom. The summed E-state index contributed by atoms with van der Waals surface area (Å²) in [5, 5.41) is 6.51. The number of para-hydroxylation sites is 2. The molecule has 4 aromatic heterocycles. The summed E-state index contributed by atoms with van der Waals surface area (Å²) >= 11 is 0. The molecule has 0 saturated heterocycles. The minimum atomic E-state index is 0.581. The van der Waals surface area contributed by atoms with Crippen LogP contribution in [0.2, 0.25) is 0 Å². The quantitative estimate of drug-likeness (QED) is 0.176. The van der Waals surface area contributed by atoms with E-state index in [1.54, 1.807) is 0 Å². The molecule has 0 spiro atoms. The largest absolute Gasteiger partial charge is 0.456 e. The molecule has 57 heavy (non-hydrogen) atoms. The van der Waals surface area contributed by atoms with E-state index in [2.05, 4.69) is 108 Å². The van der Waals surface area contributed by atoms with Gasteiger partial charge in [0.15, 0.2) is 17.5 Å². The van der Waals surface area contributed by atoms with Crippen molar-refractivity contribution in [2.45, 2.75) is 0 Å². The predicted octanol–water partition coefficient (Wildman–Crippen LogP) is 13.4. The zero-order chi connectivity index (χ0) is 37.5. The molecular formula is C51H30N4O2. The number of nitrogens with zero attached hydrogens (tertiary/aromatic N) is 4. The molecule has 6 nitrogen and oxygen atoms in total. The fourth-order valence-electron chi connectivity index (χ4n) is 8.57. The lowest BCUT2D eigenvalue weighted by Gasteiger charge is -2.11. The summed E-state index contributed by atoms with van der Waals surface area (Å²) in [7, 11) is 0. The second-order valence-electron chi connectivity index (χ2n) is 14.3. The zero-order valence-electron chi connectivity index (χ0n) is 30.4. The predicted molar refractivity (Wildman–Crippen MR) is 230 cm³/mol. The second kappa shape index (κ2) is 12.3. The molecule has 12 aromatic rings. The highest BCUT2D eigenvalue weighted by molar-refractivity contribution is 6.19. The number of benzene rings is 8. The van der Waals surface area contributed by atoms with E-state index < -0.39 is 0 Å². The Hall–Kier alpha value is -7.83. The Kier molecular flexibility index (Phi) is 6.83. The Balaban J connectivity index is 1.10. The van der Waals surface area contributed by atoms with Crippen molar-refractivity contribution in [2.75, 3.05) is 0 Å². The first-order valence-electron chi connectivity index (χ1n) is 19.0. The Morgan fingerprint density at radius 1 is 0.333 bits per heavy atom. The van der Waals surface area contributed by atoms with Gasteiger partial charge in [-0.2, -0.15) is 0 Å². The van der Waals surface area contributed by atoms with Crippen molar-refractivity contribution in [3.05, 3.63) is 182 Å². The van der Waals surface area contributed by atoms with Gasteiger partial charge in [0.25, 0.3) is 0 Å². The van der Waals surface area contributed by atoms with E-state index in [9.17, 15) is 0 Å². The molecule has 6 heteroatoms. The standard InChI is InChI=1S/C51H30N4O2/c1-3-14-31(15-4-1)49-52-50(32-16-5-2-6-17-32)54-51(53-49)37-21-12-26-45-48(37)47-34(20-11-25-44(47)57-45)33-28-29-42-38(30-33)46-41(24-13-27-43(46)56-42)55-39-22-9-7-18-35(39)36-19-8-10-23-40(36)55/h1-30H. The van der Waals surface area contributed by atoms with Crippen LogP contribution in [-0.2, 0) is 0 Å². The van der Waals surface area contributed by atoms with Gasteiger partial charge in [-0.15, -0.1) is 0 Å². The van der Waals surface area contributed by atoms with E-state index in [0.29, 0.717) is 17.5 Å². The highest BCUT2D eigenvalue weighted by atomic mass is 16.3. The lowest BCUT2D eigenvalue weighted by atomic mass is 9.96. The van der Waals surface area contributed by atoms with Crippen molar-refractivity contribution in [1.82, 2.24) is 19.5 Å². The van der Waals surface area contributed by atoms with Crippen LogP contribution in [-0.4, -0.2) is 19.5 Å². The zero-order valence-corrected chi connectivity index (χ0v) is 30.4. The fraction of sp³-hybridized carbons (Fsp3) is 0. The first-order valence-corrected chi connectivity index (χ1v) is 19.0. The molecule has 0 radical (unpaired) electrons. The molecule has 0 saturated carbocycles. The van der Waals surface area contributed by atoms with Gasteiger partial charge in [0.2, 0.25) is 0 Å². The van der Waals surface area contributed by atoms with Crippen LogP contribution in [0.1, 0.15) is 0 Å². The third-order valence-corrected chi connectivity index (χ3v) is 11.1. The van der Waals surface area contributed by atoms with Crippen LogP contribution in [0.3, 0.4) is 0 Å². The number of hydrogen-bond acceptors (Lipinski definition) is 5. The maximum atomic E-state index is 6.61. The molecule has 4 heterocycles. The topological polar surface area (TPSA) is 69.9 Å². The SMILES string of the molecule is c1ccc(-c2nc(-c3ccccc3)nc(-c3cccc4oc5cccc(-c6ccc7oc8cccc(-n9c%10ccccc%10c%10ccccc%109)c8c7c6)c5c34)n2)cc1. The van der Waals surface area contributed by atoms with Gasteiger partial charge in [-0.3, -0.25) is 0 Å². The van der Waals surface area contributed by atoms with Gasteiger partial charge < -0.3 is 13.4 Å². The van der Waals surface area contributed by atoms with Crippen molar-refractivity contribution < 1.29 is 8.83 Å². The molecule has 8 aromatic carbocycles. The summed E-state index contributed by atoms with van der Waals surface area (Å²) in [5.41, 5.74) is 11.4. The van der Waals surface area contributed by atoms with Gasteiger partial charge in [0.1, 0.15) is 22.3 Å². The average molecular weight is 731 g/mol. The van der Waals surface area contributed by atoms with E-state index in [1.807, 2.05) is 78.9 Å². The third-order valence-electron chi connectivity index (χ3n) is 11.1. The first-order chi connectivity index (χ1) is 28.3. The van der Waals surface area contributed by atoms with Crippen LogP contribution < -0.4 is 0 Å². The van der Waals surface area contributed by atoms with Crippen molar-refractivity contribution in [2.24, 2.45) is 0 Å². The molecule has 0 aliphatic rings. The molecule has 0 fully saturated rings. The normalized spacial score (nSPS) is 11.9. The van der Waals surface area contributed by atoms with E-state index in [-0.39, 0.29) is 0 Å². The molecule has 0 atom stereocenters. The number of hydrogen-bond donors (Lipinski definition) is 0. The maximum Gasteiger partial charge on any atom is 0.164 e. The van der Waals surface area contributed by atoms with Crippen LogP contribution in [0.15, 0.2) is 191 Å². The fourth-order valence-corrected chi connectivity index (χ4v) is 8.57.